The van der Waals surface area contributed by atoms with Gasteiger partial charge in [-0.2, -0.15) is 0 Å². The van der Waals surface area contributed by atoms with Crippen molar-refractivity contribution in [2.75, 3.05) is 44.2 Å². The van der Waals surface area contributed by atoms with Gasteiger partial charge in [0.05, 0.1) is 22.8 Å². The second kappa shape index (κ2) is 8.89. The summed E-state index contributed by atoms with van der Waals surface area (Å²) in [4.78, 5) is 42.9. The molecule has 0 atom stereocenters. The molecule has 0 aromatic heterocycles. The van der Waals surface area contributed by atoms with E-state index in [1.54, 1.807) is 12.1 Å². The van der Waals surface area contributed by atoms with Crippen LogP contribution in [-0.4, -0.2) is 71.0 Å². The normalized spacial score (nSPS) is 17.4. The van der Waals surface area contributed by atoms with Gasteiger partial charge in [-0.3, -0.25) is 24.6 Å². The monoisotopic (exact) mass is 436 g/mol. The van der Waals surface area contributed by atoms with Crippen LogP contribution >= 0.6 is 0 Å². The first-order valence-corrected chi connectivity index (χ1v) is 10.4. The fourth-order valence-electron chi connectivity index (χ4n) is 4.19. The summed E-state index contributed by atoms with van der Waals surface area (Å²) in [7, 11) is 0. The van der Waals surface area contributed by atoms with Gasteiger partial charge in [0.1, 0.15) is 5.70 Å². The van der Waals surface area contributed by atoms with Crippen molar-refractivity contribution in [1.29, 1.82) is 0 Å². The quantitative estimate of drug-likeness (QED) is 0.418. The molecule has 32 heavy (non-hydrogen) atoms. The number of hydrogen-bond donors (Lipinski definition) is 1. The summed E-state index contributed by atoms with van der Waals surface area (Å²) in [5.41, 5.74) is 2.28. The molecule has 0 saturated carbocycles. The van der Waals surface area contributed by atoms with Gasteiger partial charge in [0.15, 0.2) is 0 Å². The maximum Gasteiger partial charge on any atom is 0.282 e. The summed E-state index contributed by atoms with van der Waals surface area (Å²) in [6.45, 7) is 4.85. The Kier molecular flexibility index (Phi) is 6.02. The van der Waals surface area contributed by atoms with Crippen LogP contribution in [0.4, 0.5) is 11.4 Å². The van der Waals surface area contributed by atoms with Gasteiger partial charge < -0.3 is 10.0 Å². The first-order valence-electron chi connectivity index (χ1n) is 10.4. The summed E-state index contributed by atoms with van der Waals surface area (Å²) in [6.07, 6.45) is 0. The van der Waals surface area contributed by atoms with Gasteiger partial charge in [0, 0.05) is 44.9 Å². The van der Waals surface area contributed by atoms with Gasteiger partial charge in [-0.1, -0.05) is 18.2 Å². The number of nitro benzene ring substituents is 1. The minimum absolute atomic E-state index is 0.0647. The molecule has 0 radical (unpaired) electrons. The molecule has 0 bridgehead atoms. The van der Waals surface area contributed by atoms with Crippen LogP contribution in [0.2, 0.25) is 0 Å². The van der Waals surface area contributed by atoms with Crippen molar-refractivity contribution in [2.45, 2.75) is 6.92 Å². The number of carbonyl (C=O) groups is 2. The topological polar surface area (TPSA) is 107 Å². The van der Waals surface area contributed by atoms with Gasteiger partial charge in [-0.25, -0.2) is 4.90 Å². The van der Waals surface area contributed by atoms with Gasteiger partial charge in [0.2, 0.25) is 0 Å². The van der Waals surface area contributed by atoms with Crippen molar-refractivity contribution in [1.82, 2.24) is 9.80 Å². The Balaban J connectivity index is 1.76. The predicted molar refractivity (Wildman–Crippen MR) is 119 cm³/mol. The highest BCUT2D eigenvalue weighted by atomic mass is 16.6. The highest BCUT2D eigenvalue weighted by molar-refractivity contribution is 6.45. The molecule has 2 aliphatic rings. The van der Waals surface area contributed by atoms with E-state index in [1.807, 2.05) is 24.0 Å². The van der Waals surface area contributed by atoms with Gasteiger partial charge in [-0.15, -0.1) is 0 Å². The molecule has 0 spiro atoms. The number of nitrogens with zero attached hydrogens (tertiary/aromatic N) is 4. The summed E-state index contributed by atoms with van der Waals surface area (Å²) in [5.74, 6) is -0.834. The maximum atomic E-state index is 13.6. The molecule has 9 heteroatoms. The van der Waals surface area contributed by atoms with E-state index in [-0.39, 0.29) is 17.9 Å². The van der Waals surface area contributed by atoms with Crippen LogP contribution in [0.3, 0.4) is 0 Å². The number of hydrogen-bond acceptors (Lipinski definition) is 7. The number of non-ortho nitro benzene ring substituents is 1. The van der Waals surface area contributed by atoms with Crippen LogP contribution in [0, 0.1) is 17.0 Å². The van der Waals surface area contributed by atoms with Crippen molar-refractivity contribution in [3.05, 3.63) is 75.5 Å². The van der Waals surface area contributed by atoms with Crippen LogP contribution in [0.1, 0.15) is 11.1 Å². The number of aliphatic hydroxyl groups is 1. The largest absolute Gasteiger partial charge is 0.395 e. The molecule has 4 rings (SSSR count). The van der Waals surface area contributed by atoms with Crippen molar-refractivity contribution < 1.29 is 19.6 Å². The van der Waals surface area contributed by atoms with Crippen LogP contribution < -0.4 is 4.90 Å². The first kappa shape index (κ1) is 21.7. The number of nitro groups is 1. The molecule has 166 valence electrons. The number of para-hydroxylation sites is 1. The van der Waals surface area contributed by atoms with E-state index >= 15 is 0 Å². The van der Waals surface area contributed by atoms with Crippen LogP contribution in [0.25, 0.3) is 5.57 Å². The molecule has 1 fully saturated rings. The number of anilines is 1. The van der Waals surface area contributed by atoms with E-state index in [1.165, 1.54) is 29.2 Å². The number of β-amino-alcohol motifs (C(OH)–C–C–N with tert-alkyl or cyclic N) is 1. The fraction of sp³-hybridized carbons (Fsp3) is 0.304. The molecule has 2 heterocycles. The number of amides is 2. The third kappa shape index (κ3) is 3.88. The summed E-state index contributed by atoms with van der Waals surface area (Å²) in [6, 6.07) is 12.9. The number of aryl methyl sites for hydroxylation is 1. The lowest BCUT2D eigenvalue weighted by atomic mass is 10.0. The van der Waals surface area contributed by atoms with E-state index in [0.29, 0.717) is 49.7 Å². The lowest BCUT2D eigenvalue weighted by Gasteiger charge is -2.36. The van der Waals surface area contributed by atoms with Crippen molar-refractivity contribution in [3.63, 3.8) is 0 Å². The number of benzene rings is 2. The standard InChI is InChI=1S/C23H24N4O5/c1-16-4-2-3-5-19(16)26-22(29)20(17-6-8-18(9-7-17)27(31)32)21(23(26)30)25-12-10-24(11-13-25)14-15-28/h2-9,28H,10-15H2,1H3. The third-order valence-corrected chi connectivity index (χ3v) is 5.89. The van der Waals surface area contributed by atoms with Gasteiger partial charge >= 0.3 is 0 Å². The maximum absolute atomic E-state index is 13.6. The minimum atomic E-state index is -0.499. The molecule has 2 aromatic rings. The third-order valence-electron chi connectivity index (χ3n) is 5.89. The highest BCUT2D eigenvalue weighted by Gasteiger charge is 2.43. The molecule has 2 amide bonds. The summed E-state index contributed by atoms with van der Waals surface area (Å²) in [5, 5.41) is 20.2. The fourth-order valence-corrected chi connectivity index (χ4v) is 4.19. The second-order valence-electron chi connectivity index (χ2n) is 7.81. The van der Waals surface area contributed by atoms with Crippen LogP contribution in [0.15, 0.2) is 54.2 Å². The highest BCUT2D eigenvalue weighted by Crippen LogP contribution is 2.36. The molecule has 2 aliphatic heterocycles. The molecule has 0 unspecified atom stereocenters. The van der Waals surface area contributed by atoms with Crippen molar-refractivity contribution in [3.8, 4) is 0 Å². The average Bonchev–Trinajstić information content (AvgIpc) is 3.05. The second-order valence-corrected chi connectivity index (χ2v) is 7.81. The summed E-state index contributed by atoms with van der Waals surface area (Å²) >= 11 is 0. The number of aliphatic hydroxyl groups excluding tert-OH is 1. The van der Waals surface area contributed by atoms with E-state index in [2.05, 4.69) is 4.90 Å². The Labute approximate surface area is 185 Å². The van der Waals surface area contributed by atoms with Crippen LogP contribution in [-0.2, 0) is 9.59 Å². The number of imide groups is 1. The summed E-state index contributed by atoms with van der Waals surface area (Å²) < 4.78 is 0. The predicted octanol–water partition coefficient (Wildman–Crippen LogP) is 1.80. The van der Waals surface area contributed by atoms with E-state index < -0.39 is 16.7 Å². The zero-order valence-electron chi connectivity index (χ0n) is 17.7. The lowest BCUT2D eigenvalue weighted by molar-refractivity contribution is -0.384. The lowest BCUT2D eigenvalue weighted by Crippen LogP contribution is -2.48. The van der Waals surface area contributed by atoms with E-state index in [0.717, 1.165) is 5.56 Å². The Hall–Kier alpha value is -3.56. The molecular weight excluding hydrogens is 412 g/mol. The zero-order chi connectivity index (χ0) is 22.8. The SMILES string of the molecule is Cc1ccccc1N1C(=O)C(c2ccc([N+](=O)[O-])cc2)=C(N2CCN(CCO)CC2)C1=O. The molecule has 2 aromatic carbocycles. The number of piperazine rings is 1. The van der Waals surface area contributed by atoms with Crippen molar-refractivity contribution >= 4 is 28.8 Å². The Morgan fingerprint density at radius 2 is 1.62 bits per heavy atom. The first-order chi connectivity index (χ1) is 15.4. The molecule has 1 N–H and O–H groups in total. The minimum Gasteiger partial charge on any atom is -0.395 e. The van der Waals surface area contributed by atoms with Crippen molar-refractivity contribution in [2.24, 2.45) is 0 Å². The number of carbonyl (C=O) groups excluding carboxylic acids is 2. The average molecular weight is 436 g/mol. The van der Waals surface area contributed by atoms with Gasteiger partial charge in [0.25, 0.3) is 17.5 Å². The molecule has 1 saturated heterocycles. The van der Waals surface area contributed by atoms with E-state index in [9.17, 15) is 24.8 Å². The Morgan fingerprint density at radius 1 is 0.969 bits per heavy atom. The molecular formula is C23H24N4O5. The Bertz CT molecular complexity index is 1090. The molecule has 9 nitrogen and oxygen atoms in total. The number of rotatable bonds is 6. The van der Waals surface area contributed by atoms with E-state index in [4.69, 9.17) is 0 Å². The zero-order valence-corrected chi connectivity index (χ0v) is 17.7. The van der Waals surface area contributed by atoms with Gasteiger partial charge in [-0.05, 0) is 36.2 Å². The molecule has 0 aliphatic carbocycles. The smallest absolute Gasteiger partial charge is 0.282 e. The Morgan fingerprint density at radius 3 is 2.22 bits per heavy atom. The van der Waals surface area contributed by atoms with Crippen LogP contribution in [0.5, 0.6) is 0 Å².